The van der Waals surface area contributed by atoms with Crippen molar-refractivity contribution in [2.45, 2.75) is 33.4 Å². The van der Waals surface area contributed by atoms with Crippen molar-refractivity contribution in [3.63, 3.8) is 0 Å². The van der Waals surface area contributed by atoms with Crippen LogP contribution in [0.1, 0.15) is 38.7 Å². The molecule has 0 atom stereocenters. The van der Waals surface area contributed by atoms with Gasteiger partial charge >= 0.3 is 0 Å². The monoisotopic (exact) mass is 306 g/mol. The summed E-state index contributed by atoms with van der Waals surface area (Å²) in [6.45, 7) is 4.84. The largest absolute Gasteiger partial charge is 0.346 e. The average Bonchev–Trinajstić information content (AvgIpc) is 2.82. The van der Waals surface area contributed by atoms with Gasteiger partial charge in [0.15, 0.2) is 6.20 Å². The molecule has 1 amide bonds. The molecule has 0 radical (unpaired) electrons. The van der Waals surface area contributed by atoms with Crippen LogP contribution in [-0.4, -0.2) is 15.9 Å². The second-order valence-electron chi connectivity index (χ2n) is 4.72. The van der Waals surface area contributed by atoms with Gasteiger partial charge < -0.3 is 11.1 Å². The molecule has 2 heterocycles. The quantitative estimate of drug-likeness (QED) is 0.793. The number of carbonyl (C=O) groups is 1. The molecule has 112 valence electrons. The number of aromatic nitrogens is 3. The van der Waals surface area contributed by atoms with Gasteiger partial charge in [0, 0.05) is 13.5 Å². The molecular formula is C14H20N5OS+. The van der Waals surface area contributed by atoms with E-state index < -0.39 is 0 Å². The summed E-state index contributed by atoms with van der Waals surface area (Å²) in [5.41, 5.74) is 7.46. The highest BCUT2D eigenvalue weighted by Crippen LogP contribution is 2.10. The molecular weight excluding hydrogens is 286 g/mol. The molecule has 0 unspecified atom stereocenters. The van der Waals surface area contributed by atoms with E-state index in [-0.39, 0.29) is 5.91 Å². The molecule has 21 heavy (non-hydrogen) atoms. The van der Waals surface area contributed by atoms with Crippen molar-refractivity contribution < 1.29 is 9.36 Å². The van der Waals surface area contributed by atoms with Gasteiger partial charge in [-0.25, -0.2) is 4.98 Å². The predicted octanol–water partition coefficient (Wildman–Crippen LogP) is 0.622. The molecule has 0 aliphatic heterocycles. The van der Waals surface area contributed by atoms with Crippen LogP contribution in [0.2, 0.25) is 0 Å². The van der Waals surface area contributed by atoms with Gasteiger partial charge in [0.2, 0.25) is 5.01 Å². The molecule has 0 aliphatic rings. The van der Waals surface area contributed by atoms with Gasteiger partial charge in [-0.2, -0.15) is 4.57 Å². The minimum Gasteiger partial charge on any atom is -0.346 e. The molecule has 0 spiro atoms. The fourth-order valence-electron chi connectivity index (χ4n) is 1.95. The highest BCUT2D eigenvalue weighted by atomic mass is 32.1. The fraction of sp³-hybridized carbons (Fsp3) is 0.429. The number of nitrogens with one attached hydrogen (secondary N) is 1. The lowest BCUT2D eigenvalue weighted by molar-refractivity contribution is -0.672. The van der Waals surface area contributed by atoms with Gasteiger partial charge in [-0.1, -0.05) is 18.3 Å². The topological polar surface area (TPSA) is 84.8 Å². The van der Waals surface area contributed by atoms with Crippen molar-refractivity contribution in [2.75, 3.05) is 0 Å². The van der Waals surface area contributed by atoms with Gasteiger partial charge in [-0.15, -0.1) is 0 Å². The molecule has 6 nitrogen and oxygen atoms in total. The average molecular weight is 306 g/mol. The summed E-state index contributed by atoms with van der Waals surface area (Å²) in [4.78, 5) is 21.8. The molecule has 0 saturated heterocycles. The Kier molecular flexibility index (Phi) is 4.98. The Morgan fingerprint density at radius 3 is 2.81 bits per heavy atom. The Bertz CT molecular complexity index is 633. The van der Waals surface area contributed by atoms with Crippen LogP contribution in [0.3, 0.4) is 0 Å². The second kappa shape index (κ2) is 6.73. The Labute approximate surface area is 128 Å². The molecule has 2 aromatic heterocycles. The van der Waals surface area contributed by atoms with E-state index in [9.17, 15) is 4.79 Å². The Balaban J connectivity index is 2.06. The number of rotatable bonds is 5. The first-order valence-corrected chi connectivity index (χ1v) is 7.64. The summed E-state index contributed by atoms with van der Waals surface area (Å²) >= 11 is 1.66. The number of amides is 1. The predicted molar refractivity (Wildman–Crippen MR) is 80.7 cm³/mol. The zero-order chi connectivity index (χ0) is 15.4. The molecule has 0 fully saturated rings. The molecule has 0 saturated carbocycles. The van der Waals surface area contributed by atoms with E-state index in [4.69, 9.17) is 5.73 Å². The van der Waals surface area contributed by atoms with Crippen LogP contribution in [0, 0.1) is 6.92 Å². The molecule has 3 N–H and O–H groups in total. The summed E-state index contributed by atoms with van der Waals surface area (Å²) in [7, 11) is 1.99. The molecule has 0 aliphatic carbocycles. The summed E-state index contributed by atoms with van der Waals surface area (Å²) in [6.07, 6.45) is 4.21. The van der Waals surface area contributed by atoms with Gasteiger partial charge in [0.05, 0.1) is 29.0 Å². The van der Waals surface area contributed by atoms with E-state index in [0.29, 0.717) is 25.2 Å². The number of nitrogens with two attached hydrogens (primary N) is 1. The number of carbonyl (C=O) groups excluding carboxylic acids is 1. The van der Waals surface area contributed by atoms with Crippen LogP contribution >= 0.6 is 11.3 Å². The lowest BCUT2D eigenvalue weighted by atomic mass is 10.2. The number of hydrogen-bond donors (Lipinski definition) is 2. The summed E-state index contributed by atoms with van der Waals surface area (Å²) in [5, 5.41) is 4.06. The maximum Gasteiger partial charge on any atom is 0.271 e. The van der Waals surface area contributed by atoms with Gasteiger partial charge in [0.1, 0.15) is 12.7 Å². The fourth-order valence-corrected chi connectivity index (χ4v) is 2.88. The lowest BCUT2D eigenvalue weighted by Gasteiger charge is -2.07. The number of thiazole rings is 1. The van der Waals surface area contributed by atoms with Crippen molar-refractivity contribution in [3.8, 4) is 0 Å². The van der Waals surface area contributed by atoms with Gasteiger partial charge in [-0.05, 0) is 6.42 Å². The Hall–Kier alpha value is -1.86. The van der Waals surface area contributed by atoms with E-state index in [1.54, 1.807) is 11.3 Å². The highest BCUT2D eigenvalue weighted by Gasteiger charge is 2.13. The smallest absolute Gasteiger partial charge is 0.271 e. The zero-order valence-electron chi connectivity index (χ0n) is 12.5. The summed E-state index contributed by atoms with van der Waals surface area (Å²) in [5.74, 6) is -0.213. The van der Waals surface area contributed by atoms with E-state index in [0.717, 1.165) is 16.3 Å². The molecule has 0 bridgehead atoms. The lowest BCUT2D eigenvalue weighted by Crippen LogP contribution is -2.28. The third kappa shape index (κ3) is 3.62. The van der Waals surface area contributed by atoms with E-state index in [2.05, 4.69) is 15.3 Å². The van der Waals surface area contributed by atoms with Crippen molar-refractivity contribution in [3.05, 3.63) is 39.4 Å². The van der Waals surface area contributed by atoms with Gasteiger partial charge in [-0.3, -0.25) is 9.78 Å². The van der Waals surface area contributed by atoms with Crippen LogP contribution < -0.4 is 15.6 Å². The van der Waals surface area contributed by atoms with Crippen LogP contribution in [0.4, 0.5) is 0 Å². The first-order chi connectivity index (χ1) is 10.0. The standard InChI is InChI=1S/C14H19N5OS/c1-4-11-12(5-15)16-7-13(18-11)14(20)17-6-10-8-19(3)9(2)21-10/h7-8H,4-6,15H2,1-3H3/p+1. The molecule has 7 heteroatoms. The first-order valence-electron chi connectivity index (χ1n) is 6.83. The maximum absolute atomic E-state index is 12.1. The van der Waals surface area contributed by atoms with E-state index in [1.165, 1.54) is 11.2 Å². The zero-order valence-corrected chi connectivity index (χ0v) is 13.3. The van der Waals surface area contributed by atoms with Gasteiger partial charge in [0.25, 0.3) is 5.91 Å². The van der Waals surface area contributed by atoms with Crippen LogP contribution in [0.15, 0.2) is 12.4 Å². The van der Waals surface area contributed by atoms with Crippen molar-refractivity contribution >= 4 is 17.2 Å². The maximum atomic E-state index is 12.1. The normalized spacial score (nSPS) is 10.7. The third-order valence-electron chi connectivity index (χ3n) is 3.23. The number of aryl methyl sites for hydroxylation is 3. The van der Waals surface area contributed by atoms with Crippen LogP contribution in [0.25, 0.3) is 0 Å². The molecule has 2 aromatic rings. The van der Waals surface area contributed by atoms with Crippen LogP contribution in [-0.2, 0) is 26.6 Å². The highest BCUT2D eigenvalue weighted by molar-refractivity contribution is 7.11. The minimum absolute atomic E-state index is 0.213. The summed E-state index contributed by atoms with van der Waals surface area (Å²) < 4.78 is 2.04. The number of hydrogen-bond acceptors (Lipinski definition) is 5. The van der Waals surface area contributed by atoms with Crippen molar-refractivity contribution in [1.29, 1.82) is 0 Å². The summed E-state index contributed by atoms with van der Waals surface area (Å²) in [6, 6.07) is 0. The van der Waals surface area contributed by atoms with Crippen molar-refractivity contribution in [1.82, 2.24) is 15.3 Å². The Morgan fingerprint density at radius 2 is 2.24 bits per heavy atom. The van der Waals surface area contributed by atoms with E-state index >= 15 is 0 Å². The second-order valence-corrected chi connectivity index (χ2v) is 6.04. The first kappa shape index (κ1) is 15.5. The number of nitrogens with zero attached hydrogens (tertiary/aromatic N) is 3. The third-order valence-corrected chi connectivity index (χ3v) is 4.32. The SMILES string of the molecule is CCc1nc(C(=O)NCc2c[n+](C)c(C)s2)cnc1CN. The molecule has 0 aromatic carbocycles. The van der Waals surface area contributed by atoms with E-state index in [1.807, 2.05) is 31.7 Å². The Morgan fingerprint density at radius 1 is 1.48 bits per heavy atom. The molecule has 2 rings (SSSR count). The van der Waals surface area contributed by atoms with Crippen molar-refractivity contribution in [2.24, 2.45) is 12.8 Å². The van der Waals surface area contributed by atoms with Crippen LogP contribution in [0.5, 0.6) is 0 Å². The minimum atomic E-state index is -0.213.